The van der Waals surface area contributed by atoms with Crippen LogP contribution in [0.2, 0.25) is 5.02 Å². The number of halogens is 1. The van der Waals surface area contributed by atoms with E-state index < -0.39 is 0 Å². The van der Waals surface area contributed by atoms with Gasteiger partial charge in [0, 0.05) is 31.8 Å². The van der Waals surface area contributed by atoms with Gasteiger partial charge in [-0.15, -0.1) is 10.2 Å². The smallest absolute Gasteiger partial charge is 0.191 e. The molecule has 1 unspecified atom stereocenters. The number of aryl methyl sites for hydroxylation is 1. The molecule has 2 heterocycles. The van der Waals surface area contributed by atoms with Crippen molar-refractivity contribution in [1.29, 1.82) is 0 Å². The van der Waals surface area contributed by atoms with E-state index in [-0.39, 0.29) is 11.5 Å². The quantitative estimate of drug-likeness (QED) is 0.494. The van der Waals surface area contributed by atoms with Crippen molar-refractivity contribution in [3.05, 3.63) is 46.5 Å². The van der Waals surface area contributed by atoms with Crippen molar-refractivity contribution in [3.63, 3.8) is 0 Å². The van der Waals surface area contributed by atoms with E-state index in [1.165, 1.54) is 5.56 Å². The van der Waals surface area contributed by atoms with Crippen LogP contribution in [0.25, 0.3) is 0 Å². The Morgan fingerprint density at radius 2 is 2.17 bits per heavy atom. The summed E-state index contributed by atoms with van der Waals surface area (Å²) in [6.45, 7) is 9.25. The normalized spacial score (nSPS) is 17.4. The molecule has 7 nitrogen and oxygen atoms in total. The number of guanidine groups is 1. The second-order valence-corrected chi connectivity index (χ2v) is 9.16. The second-order valence-electron chi connectivity index (χ2n) is 8.73. The lowest BCUT2D eigenvalue weighted by Crippen LogP contribution is -2.45. The van der Waals surface area contributed by atoms with Gasteiger partial charge in [-0.05, 0) is 49.3 Å². The number of hydrogen-bond donors (Lipinski definition) is 2. The van der Waals surface area contributed by atoms with Crippen LogP contribution < -0.4 is 10.6 Å². The molecule has 0 spiro atoms. The fourth-order valence-corrected chi connectivity index (χ4v) is 3.73. The van der Waals surface area contributed by atoms with E-state index in [0.29, 0.717) is 6.54 Å². The number of ether oxygens (including phenoxy) is 1. The summed E-state index contributed by atoms with van der Waals surface area (Å²) >= 11 is 6.15. The molecule has 0 amide bonds. The van der Waals surface area contributed by atoms with Crippen LogP contribution >= 0.6 is 11.6 Å². The number of rotatable bonds is 8. The summed E-state index contributed by atoms with van der Waals surface area (Å²) in [7, 11) is 1.96. The third kappa shape index (κ3) is 6.71. The number of aliphatic imine (C=N–C) groups is 1. The van der Waals surface area contributed by atoms with Gasteiger partial charge < -0.3 is 19.9 Å². The first-order chi connectivity index (χ1) is 14.3. The van der Waals surface area contributed by atoms with Crippen LogP contribution in [0.15, 0.2) is 29.3 Å². The van der Waals surface area contributed by atoms with Crippen molar-refractivity contribution in [2.45, 2.75) is 52.7 Å². The van der Waals surface area contributed by atoms with Crippen LogP contribution in [-0.2, 0) is 24.8 Å². The summed E-state index contributed by atoms with van der Waals surface area (Å²) in [5.41, 5.74) is 1.26. The topological polar surface area (TPSA) is 76.4 Å². The zero-order valence-electron chi connectivity index (χ0n) is 18.4. The van der Waals surface area contributed by atoms with E-state index in [1.54, 1.807) is 0 Å². The zero-order valence-corrected chi connectivity index (χ0v) is 19.2. The molecular formula is C22H33ClN6O. The van der Waals surface area contributed by atoms with Crippen molar-refractivity contribution in [1.82, 2.24) is 25.4 Å². The molecule has 0 bridgehead atoms. The Labute approximate surface area is 184 Å². The number of aromatic nitrogens is 3. The predicted molar refractivity (Wildman–Crippen MR) is 121 cm³/mol. The number of nitrogens with zero attached hydrogens (tertiary/aromatic N) is 4. The lowest BCUT2D eigenvalue weighted by Gasteiger charge is -2.27. The minimum atomic E-state index is 0.0261. The Hall–Kier alpha value is -2.12. The average molecular weight is 433 g/mol. The fourth-order valence-electron chi connectivity index (χ4n) is 3.51. The number of hydrogen-bond acceptors (Lipinski definition) is 4. The largest absolute Gasteiger partial charge is 0.376 e. The number of nitrogens with one attached hydrogen (secondary N) is 2. The van der Waals surface area contributed by atoms with Gasteiger partial charge >= 0.3 is 0 Å². The van der Waals surface area contributed by atoms with Crippen molar-refractivity contribution in [3.8, 4) is 0 Å². The fraction of sp³-hybridized carbons (Fsp3) is 0.591. The molecule has 1 atom stereocenters. The highest BCUT2D eigenvalue weighted by atomic mass is 35.5. The molecule has 2 N–H and O–H groups in total. The van der Waals surface area contributed by atoms with Crippen LogP contribution in [0, 0.1) is 12.3 Å². The highest BCUT2D eigenvalue weighted by molar-refractivity contribution is 6.30. The molecule has 0 aliphatic carbocycles. The third-order valence-electron chi connectivity index (χ3n) is 5.39. The van der Waals surface area contributed by atoms with Crippen LogP contribution in [-0.4, -0.2) is 46.5 Å². The average Bonchev–Trinajstić information content (AvgIpc) is 3.32. The summed E-state index contributed by atoms with van der Waals surface area (Å²) < 4.78 is 7.70. The van der Waals surface area contributed by atoms with Gasteiger partial charge in [-0.1, -0.05) is 37.6 Å². The van der Waals surface area contributed by atoms with E-state index in [0.717, 1.165) is 61.6 Å². The SMILES string of the molecule is Cc1nnc(CN=C(NCC2CCCO2)NCC(C)(C)Cc2cccc(Cl)c2)n1C. The van der Waals surface area contributed by atoms with E-state index in [4.69, 9.17) is 21.3 Å². The molecular weight excluding hydrogens is 400 g/mol. The Balaban J connectivity index is 1.62. The van der Waals surface area contributed by atoms with E-state index in [1.807, 2.05) is 36.7 Å². The Morgan fingerprint density at radius 3 is 2.83 bits per heavy atom. The molecule has 1 aliphatic heterocycles. The van der Waals surface area contributed by atoms with E-state index >= 15 is 0 Å². The predicted octanol–water partition coefficient (Wildman–Crippen LogP) is 3.26. The van der Waals surface area contributed by atoms with Gasteiger partial charge in [0.1, 0.15) is 12.4 Å². The lowest BCUT2D eigenvalue weighted by molar-refractivity contribution is 0.113. The first-order valence-corrected chi connectivity index (χ1v) is 10.9. The molecule has 1 aliphatic rings. The van der Waals surface area contributed by atoms with Crippen LogP contribution in [0.3, 0.4) is 0 Å². The molecule has 3 rings (SSSR count). The van der Waals surface area contributed by atoms with Crippen molar-refractivity contribution in [2.24, 2.45) is 17.5 Å². The Kier molecular flexibility index (Phi) is 7.72. The molecule has 1 fully saturated rings. The number of benzene rings is 1. The van der Waals surface area contributed by atoms with E-state index in [9.17, 15) is 0 Å². The molecule has 0 saturated carbocycles. The Morgan fingerprint density at radius 1 is 1.33 bits per heavy atom. The van der Waals surface area contributed by atoms with Crippen LogP contribution in [0.1, 0.15) is 43.9 Å². The maximum absolute atomic E-state index is 6.15. The molecule has 164 valence electrons. The summed E-state index contributed by atoms with van der Waals surface area (Å²) in [5, 5.41) is 16.0. The van der Waals surface area contributed by atoms with Gasteiger partial charge in [-0.2, -0.15) is 0 Å². The molecule has 0 radical (unpaired) electrons. The van der Waals surface area contributed by atoms with Gasteiger partial charge in [-0.25, -0.2) is 4.99 Å². The zero-order chi connectivity index (χ0) is 21.6. The van der Waals surface area contributed by atoms with Crippen LogP contribution in [0.4, 0.5) is 0 Å². The third-order valence-corrected chi connectivity index (χ3v) is 5.62. The van der Waals surface area contributed by atoms with Gasteiger partial charge in [-0.3, -0.25) is 0 Å². The second kappa shape index (κ2) is 10.3. The molecule has 1 aromatic carbocycles. The summed E-state index contributed by atoms with van der Waals surface area (Å²) in [6.07, 6.45) is 3.37. The van der Waals surface area contributed by atoms with Gasteiger partial charge in [0.2, 0.25) is 0 Å². The van der Waals surface area contributed by atoms with Crippen LogP contribution in [0.5, 0.6) is 0 Å². The van der Waals surface area contributed by atoms with E-state index in [2.05, 4.69) is 40.7 Å². The molecule has 2 aromatic rings. The summed E-state index contributed by atoms with van der Waals surface area (Å²) in [6, 6.07) is 8.06. The maximum Gasteiger partial charge on any atom is 0.191 e. The van der Waals surface area contributed by atoms with Gasteiger partial charge in [0.15, 0.2) is 11.8 Å². The molecule has 30 heavy (non-hydrogen) atoms. The standard InChI is InChI=1S/C22H33ClN6O/c1-16-27-28-20(29(16)4)14-25-21(24-13-19-9-6-10-30-19)26-15-22(2,3)12-17-7-5-8-18(23)11-17/h5,7-8,11,19H,6,9-10,12-15H2,1-4H3,(H2,24,25,26). The maximum atomic E-state index is 6.15. The first-order valence-electron chi connectivity index (χ1n) is 10.6. The molecule has 8 heteroatoms. The lowest BCUT2D eigenvalue weighted by atomic mass is 9.86. The summed E-state index contributed by atoms with van der Waals surface area (Å²) in [4.78, 5) is 4.75. The monoisotopic (exact) mass is 432 g/mol. The molecule has 1 aromatic heterocycles. The highest BCUT2D eigenvalue weighted by Crippen LogP contribution is 2.22. The molecule has 1 saturated heterocycles. The Bertz CT molecular complexity index is 857. The van der Waals surface area contributed by atoms with Gasteiger partial charge in [0.05, 0.1) is 6.10 Å². The summed E-state index contributed by atoms with van der Waals surface area (Å²) in [5.74, 6) is 2.49. The van der Waals surface area contributed by atoms with Crippen molar-refractivity contribution >= 4 is 17.6 Å². The minimum absolute atomic E-state index is 0.0261. The van der Waals surface area contributed by atoms with Gasteiger partial charge in [0.25, 0.3) is 0 Å². The van der Waals surface area contributed by atoms with Crippen molar-refractivity contribution < 1.29 is 4.74 Å². The first kappa shape index (κ1) is 22.6. The highest BCUT2D eigenvalue weighted by Gasteiger charge is 2.21. The minimum Gasteiger partial charge on any atom is -0.376 e. The van der Waals surface area contributed by atoms with Crippen molar-refractivity contribution in [2.75, 3.05) is 19.7 Å².